The normalized spacial score (nSPS) is 11.9. The van der Waals surface area contributed by atoms with Crippen LogP contribution in [-0.2, 0) is 0 Å². The summed E-state index contributed by atoms with van der Waals surface area (Å²) in [7, 11) is 0. The van der Waals surface area contributed by atoms with Crippen molar-refractivity contribution in [2.45, 2.75) is 19.4 Å². The Morgan fingerprint density at radius 1 is 1.10 bits per heavy atom. The second-order valence-corrected chi connectivity index (χ2v) is 4.35. The quantitative estimate of drug-likeness (QED) is 0.842. The molecule has 1 aromatic carbocycles. The molecule has 2 rings (SSSR count). The van der Waals surface area contributed by atoms with Gasteiger partial charge in [0.15, 0.2) is 0 Å². The summed E-state index contributed by atoms with van der Waals surface area (Å²) >= 11 is 0. The summed E-state index contributed by atoms with van der Waals surface area (Å²) in [6.45, 7) is 2.94. The molecule has 0 spiro atoms. The van der Waals surface area contributed by atoms with Gasteiger partial charge in [0.05, 0.1) is 25.5 Å². The molecule has 0 amide bonds. The SMILES string of the molecule is CCOc1cncc(C(O)CCOc2ccccc2)c1. The molecule has 0 fully saturated rings. The summed E-state index contributed by atoms with van der Waals surface area (Å²) < 4.78 is 10.9. The van der Waals surface area contributed by atoms with Crippen LogP contribution in [0.2, 0.25) is 0 Å². The maximum Gasteiger partial charge on any atom is 0.137 e. The van der Waals surface area contributed by atoms with Crippen molar-refractivity contribution < 1.29 is 14.6 Å². The Hall–Kier alpha value is -2.07. The largest absolute Gasteiger partial charge is 0.493 e. The summed E-state index contributed by atoms with van der Waals surface area (Å²) in [4.78, 5) is 4.06. The van der Waals surface area contributed by atoms with Crippen molar-refractivity contribution in [3.63, 3.8) is 0 Å². The molecule has 4 nitrogen and oxygen atoms in total. The van der Waals surface area contributed by atoms with Gasteiger partial charge in [0.2, 0.25) is 0 Å². The molecule has 0 saturated heterocycles. The maximum atomic E-state index is 10.1. The minimum atomic E-state index is -0.605. The summed E-state index contributed by atoms with van der Waals surface area (Å²) in [5.41, 5.74) is 0.743. The van der Waals surface area contributed by atoms with E-state index >= 15 is 0 Å². The highest BCUT2D eigenvalue weighted by Crippen LogP contribution is 2.20. The van der Waals surface area contributed by atoms with Gasteiger partial charge in [0, 0.05) is 18.2 Å². The molecular formula is C16H19NO3. The van der Waals surface area contributed by atoms with E-state index in [9.17, 15) is 5.11 Å². The lowest BCUT2D eigenvalue weighted by atomic mass is 10.1. The Morgan fingerprint density at radius 2 is 1.90 bits per heavy atom. The van der Waals surface area contributed by atoms with E-state index in [0.717, 1.165) is 11.3 Å². The summed E-state index contributed by atoms with van der Waals surface area (Å²) in [5, 5.41) is 10.1. The molecule has 0 aliphatic carbocycles. The third-order valence-electron chi connectivity index (χ3n) is 2.83. The average molecular weight is 273 g/mol. The molecule has 2 aromatic rings. The van der Waals surface area contributed by atoms with Crippen LogP contribution >= 0.6 is 0 Å². The van der Waals surface area contributed by atoms with Gasteiger partial charge in [-0.1, -0.05) is 18.2 Å². The molecule has 20 heavy (non-hydrogen) atoms. The van der Waals surface area contributed by atoms with E-state index in [4.69, 9.17) is 9.47 Å². The number of benzene rings is 1. The van der Waals surface area contributed by atoms with Crippen LogP contribution in [-0.4, -0.2) is 23.3 Å². The molecule has 1 heterocycles. The van der Waals surface area contributed by atoms with Crippen molar-refractivity contribution in [2.75, 3.05) is 13.2 Å². The van der Waals surface area contributed by atoms with Crippen molar-refractivity contribution in [1.29, 1.82) is 0 Å². The van der Waals surface area contributed by atoms with Gasteiger partial charge < -0.3 is 14.6 Å². The van der Waals surface area contributed by atoms with Crippen LogP contribution in [0.25, 0.3) is 0 Å². The van der Waals surface area contributed by atoms with Gasteiger partial charge in [-0.2, -0.15) is 0 Å². The van der Waals surface area contributed by atoms with E-state index in [-0.39, 0.29) is 0 Å². The minimum Gasteiger partial charge on any atom is -0.493 e. The molecule has 1 unspecified atom stereocenters. The first-order valence-electron chi connectivity index (χ1n) is 6.73. The number of hydrogen-bond acceptors (Lipinski definition) is 4. The van der Waals surface area contributed by atoms with E-state index in [1.807, 2.05) is 43.3 Å². The van der Waals surface area contributed by atoms with Crippen LogP contribution in [0, 0.1) is 0 Å². The Labute approximate surface area is 119 Å². The van der Waals surface area contributed by atoms with Crippen LogP contribution in [0.4, 0.5) is 0 Å². The summed E-state index contributed by atoms with van der Waals surface area (Å²) in [5.74, 6) is 1.48. The molecule has 1 N–H and O–H groups in total. The first-order chi connectivity index (χ1) is 9.79. The van der Waals surface area contributed by atoms with E-state index in [1.165, 1.54) is 0 Å². The fourth-order valence-corrected chi connectivity index (χ4v) is 1.84. The third kappa shape index (κ3) is 4.24. The number of nitrogens with zero attached hydrogens (tertiary/aromatic N) is 1. The van der Waals surface area contributed by atoms with Gasteiger partial charge in [-0.15, -0.1) is 0 Å². The highest BCUT2D eigenvalue weighted by molar-refractivity contribution is 5.25. The van der Waals surface area contributed by atoms with Gasteiger partial charge >= 0.3 is 0 Å². The lowest BCUT2D eigenvalue weighted by Crippen LogP contribution is -2.06. The Kier molecular flexibility index (Phi) is 5.38. The zero-order valence-corrected chi connectivity index (χ0v) is 11.5. The number of ether oxygens (including phenoxy) is 2. The number of aromatic nitrogens is 1. The second-order valence-electron chi connectivity index (χ2n) is 4.35. The van der Waals surface area contributed by atoms with Gasteiger partial charge in [0.1, 0.15) is 11.5 Å². The molecular weight excluding hydrogens is 254 g/mol. The van der Waals surface area contributed by atoms with E-state index in [1.54, 1.807) is 12.4 Å². The number of aliphatic hydroxyl groups excluding tert-OH is 1. The van der Waals surface area contributed by atoms with Crippen LogP contribution in [0.5, 0.6) is 11.5 Å². The third-order valence-corrected chi connectivity index (χ3v) is 2.83. The molecule has 0 saturated carbocycles. The first-order valence-corrected chi connectivity index (χ1v) is 6.73. The highest BCUT2D eigenvalue weighted by atomic mass is 16.5. The van der Waals surface area contributed by atoms with Gasteiger partial charge in [0.25, 0.3) is 0 Å². The summed E-state index contributed by atoms with van der Waals surface area (Å²) in [6.07, 6.45) is 3.19. The smallest absolute Gasteiger partial charge is 0.137 e. The Bertz CT molecular complexity index is 516. The van der Waals surface area contributed by atoms with Crippen LogP contribution in [0.3, 0.4) is 0 Å². The number of rotatable bonds is 7. The van der Waals surface area contributed by atoms with Crippen LogP contribution in [0.15, 0.2) is 48.8 Å². The maximum absolute atomic E-state index is 10.1. The zero-order chi connectivity index (χ0) is 14.2. The fourth-order valence-electron chi connectivity index (χ4n) is 1.84. The second kappa shape index (κ2) is 7.50. The number of para-hydroxylation sites is 1. The van der Waals surface area contributed by atoms with Gasteiger partial charge in [-0.25, -0.2) is 0 Å². The van der Waals surface area contributed by atoms with Crippen LogP contribution < -0.4 is 9.47 Å². The summed E-state index contributed by atoms with van der Waals surface area (Å²) in [6, 6.07) is 11.4. The first kappa shape index (κ1) is 14.3. The molecule has 1 atom stereocenters. The van der Waals surface area contributed by atoms with E-state index in [2.05, 4.69) is 4.98 Å². The molecule has 4 heteroatoms. The van der Waals surface area contributed by atoms with Gasteiger partial charge in [-0.3, -0.25) is 4.98 Å². The molecule has 106 valence electrons. The van der Waals surface area contributed by atoms with E-state index < -0.39 is 6.10 Å². The van der Waals surface area contributed by atoms with Crippen molar-refractivity contribution in [1.82, 2.24) is 4.98 Å². The average Bonchev–Trinajstić information content (AvgIpc) is 2.49. The predicted octanol–water partition coefficient (Wildman–Crippen LogP) is 2.98. The van der Waals surface area contributed by atoms with Crippen molar-refractivity contribution in [3.05, 3.63) is 54.4 Å². The highest BCUT2D eigenvalue weighted by Gasteiger charge is 2.09. The number of pyridine rings is 1. The standard InChI is InChI=1S/C16H19NO3/c1-2-19-15-10-13(11-17-12-15)16(18)8-9-20-14-6-4-3-5-7-14/h3-7,10-12,16,18H,2,8-9H2,1H3. The predicted molar refractivity (Wildman–Crippen MR) is 76.9 cm³/mol. The molecule has 0 aliphatic heterocycles. The monoisotopic (exact) mass is 273 g/mol. The Morgan fingerprint density at radius 3 is 2.65 bits per heavy atom. The molecule has 0 aliphatic rings. The fraction of sp³-hybridized carbons (Fsp3) is 0.312. The molecule has 0 radical (unpaired) electrons. The zero-order valence-electron chi connectivity index (χ0n) is 11.5. The van der Waals surface area contributed by atoms with Crippen LogP contribution in [0.1, 0.15) is 25.0 Å². The van der Waals surface area contributed by atoms with E-state index in [0.29, 0.717) is 25.4 Å². The lowest BCUT2D eigenvalue weighted by Gasteiger charge is -2.12. The Balaban J connectivity index is 1.85. The minimum absolute atomic E-state index is 0.448. The molecule has 1 aromatic heterocycles. The number of aliphatic hydroxyl groups is 1. The van der Waals surface area contributed by atoms with Crippen molar-refractivity contribution in [2.24, 2.45) is 0 Å². The molecule has 0 bridgehead atoms. The van der Waals surface area contributed by atoms with Gasteiger partial charge in [-0.05, 0) is 25.1 Å². The lowest BCUT2D eigenvalue weighted by molar-refractivity contribution is 0.140. The topological polar surface area (TPSA) is 51.6 Å². The number of hydrogen-bond donors (Lipinski definition) is 1. The van der Waals surface area contributed by atoms with Crippen molar-refractivity contribution in [3.8, 4) is 11.5 Å². The van der Waals surface area contributed by atoms with Crippen molar-refractivity contribution >= 4 is 0 Å².